The number of nitrogens with zero attached hydrogens (tertiary/aromatic N) is 1. The van der Waals surface area contributed by atoms with Crippen LogP contribution in [0, 0.1) is 5.92 Å². The van der Waals surface area contributed by atoms with Crippen LogP contribution in [0.4, 0.5) is 0 Å². The molecule has 2 rings (SSSR count). The Kier molecular flexibility index (Phi) is 5.65. The van der Waals surface area contributed by atoms with Crippen molar-refractivity contribution in [1.82, 2.24) is 10.2 Å². The Balaban J connectivity index is 2.01. The number of hydrogen-bond acceptors (Lipinski definition) is 3. The van der Waals surface area contributed by atoms with Crippen LogP contribution in [0.3, 0.4) is 0 Å². The van der Waals surface area contributed by atoms with Gasteiger partial charge in [0.05, 0.1) is 0 Å². The normalized spacial score (nSPS) is 29.5. The number of piperazine rings is 1. The average Bonchev–Trinajstić information content (AvgIpc) is 2.98. The van der Waals surface area contributed by atoms with Gasteiger partial charge < -0.3 is 5.32 Å². The first-order chi connectivity index (χ1) is 9.58. The standard InChI is InChI=1S/C17H30N2S/c1-5-14(3)16-12-18-17(4,6-2)13-19(16)10-9-15-8-7-11-20-15/h7-8,11,14,16,18H,5-6,9-10,12-13H2,1-4H3. The van der Waals surface area contributed by atoms with Gasteiger partial charge in [-0.1, -0.05) is 33.3 Å². The Morgan fingerprint density at radius 2 is 2.30 bits per heavy atom. The molecule has 0 aromatic carbocycles. The molecule has 0 bridgehead atoms. The third kappa shape index (κ3) is 3.84. The van der Waals surface area contributed by atoms with E-state index in [-0.39, 0.29) is 0 Å². The highest BCUT2D eigenvalue weighted by molar-refractivity contribution is 7.09. The summed E-state index contributed by atoms with van der Waals surface area (Å²) in [6.45, 7) is 12.9. The lowest BCUT2D eigenvalue weighted by Crippen LogP contribution is -2.64. The largest absolute Gasteiger partial charge is 0.309 e. The maximum absolute atomic E-state index is 3.79. The van der Waals surface area contributed by atoms with Crippen molar-refractivity contribution in [3.63, 3.8) is 0 Å². The molecule has 3 unspecified atom stereocenters. The van der Waals surface area contributed by atoms with Crippen molar-refractivity contribution in [1.29, 1.82) is 0 Å². The molecular weight excluding hydrogens is 264 g/mol. The Bertz CT molecular complexity index is 390. The minimum atomic E-state index is 0.291. The Labute approximate surface area is 128 Å². The van der Waals surface area contributed by atoms with Crippen molar-refractivity contribution >= 4 is 11.3 Å². The zero-order chi connectivity index (χ0) is 14.6. The third-order valence-electron chi connectivity index (χ3n) is 5.07. The summed E-state index contributed by atoms with van der Waals surface area (Å²) >= 11 is 1.89. The highest BCUT2D eigenvalue weighted by atomic mass is 32.1. The molecule has 1 saturated heterocycles. The first kappa shape index (κ1) is 16.0. The fraction of sp³-hybridized carbons (Fsp3) is 0.765. The summed E-state index contributed by atoms with van der Waals surface area (Å²) in [7, 11) is 0. The summed E-state index contributed by atoms with van der Waals surface area (Å²) in [6.07, 6.45) is 3.67. The van der Waals surface area contributed by atoms with Crippen LogP contribution in [0.15, 0.2) is 17.5 Å². The summed E-state index contributed by atoms with van der Waals surface area (Å²) in [6, 6.07) is 5.13. The lowest BCUT2D eigenvalue weighted by molar-refractivity contribution is 0.0562. The Morgan fingerprint density at radius 3 is 2.90 bits per heavy atom. The van der Waals surface area contributed by atoms with Gasteiger partial charge in [0.15, 0.2) is 0 Å². The Hall–Kier alpha value is -0.380. The smallest absolute Gasteiger partial charge is 0.0278 e. The van der Waals surface area contributed by atoms with Gasteiger partial charge in [0.2, 0.25) is 0 Å². The minimum Gasteiger partial charge on any atom is -0.309 e. The quantitative estimate of drug-likeness (QED) is 0.859. The monoisotopic (exact) mass is 294 g/mol. The molecule has 3 atom stereocenters. The maximum atomic E-state index is 3.79. The topological polar surface area (TPSA) is 15.3 Å². The van der Waals surface area contributed by atoms with Crippen molar-refractivity contribution in [3.8, 4) is 0 Å². The minimum absolute atomic E-state index is 0.291. The van der Waals surface area contributed by atoms with Crippen LogP contribution in [0.2, 0.25) is 0 Å². The van der Waals surface area contributed by atoms with Crippen LogP contribution >= 0.6 is 11.3 Å². The second-order valence-corrected chi connectivity index (χ2v) is 7.58. The van der Waals surface area contributed by atoms with Crippen molar-refractivity contribution in [2.24, 2.45) is 5.92 Å². The predicted molar refractivity (Wildman–Crippen MR) is 89.5 cm³/mol. The first-order valence-electron chi connectivity index (χ1n) is 8.09. The fourth-order valence-electron chi connectivity index (χ4n) is 3.12. The molecular formula is C17H30N2S. The number of thiophene rings is 1. The van der Waals surface area contributed by atoms with Crippen LogP contribution in [-0.2, 0) is 6.42 Å². The van der Waals surface area contributed by atoms with E-state index in [1.807, 2.05) is 11.3 Å². The van der Waals surface area contributed by atoms with Crippen molar-refractivity contribution < 1.29 is 0 Å². The predicted octanol–water partition coefficient (Wildman–Crippen LogP) is 3.78. The highest BCUT2D eigenvalue weighted by Gasteiger charge is 2.35. The second kappa shape index (κ2) is 7.06. The van der Waals surface area contributed by atoms with Crippen LogP contribution in [0.1, 0.15) is 45.4 Å². The summed E-state index contributed by atoms with van der Waals surface area (Å²) in [5, 5.41) is 5.98. The molecule has 114 valence electrons. The van der Waals surface area contributed by atoms with Crippen LogP contribution in [-0.4, -0.2) is 36.1 Å². The molecule has 2 nitrogen and oxygen atoms in total. The van der Waals surface area contributed by atoms with E-state index < -0.39 is 0 Å². The van der Waals surface area contributed by atoms with E-state index in [4.69, 9.17) is 0 Å². The lowest BCUT2D eigenvalue weighted by atomic mass is 9.88. The SMILES string of the molecule is CCC(C)C1CNC(C)(CC)CN1CCc1cccs1. The molecule has 0 aliphatic carbocycles. The average molecular weight is 295 g/mol. The van der Waals surface area contributed by atoms with Crippen molar-refractivity contribution in [3.05, 3.63) is 22.4 Å². The zero-order valence-electron chi connectivity index (χ0n) is 13.5. The van der Waals surface area contributed by atoms with Gasteiger partial charge in [-0.15, -0.1) is 11.3 Å². The van der Waals surface area contributed by atoms with Gasteiger partial charge in [0.25, 0.3) is 0 Å². The summed E-state index contributed by atoms with van der Waals surface area (Å²) in [5.41, 5.74) is 0.291. The molecule has 20 heavy (non-hydrogen) atoms. The van der Waals surface area contributed by atoms with Gasteiger partial charge in [-0.2, -0.15) is 0 Å². The molecule has 0 saturated carbocycles. The molecule has 1 aliphatic rings. The molecule has 1 N–H and O–H groups in total. The van der Waals surface area contributed by atoms with Gasteiger partial charge >= 0.3 is 0 Å². The van der Waals surface area contributed by atoms with Gasteiger partial charge in [0.1, 0.15) is 0 Å². The third-order valence-corrected chi connectivity index (χ3v) is 6.00. The van der Waals surface area contributed by atoms with Gasteiger partial charge in [-0.3, -0.25) is 4.90 Å². The fourth-order valence-corrected chi connectivity index (χ4v) is 3.82. The van der Waals surface area contributed by atoms with E-state index in [1.165, 1.54) is 37.2 Å². The first-order valence-corrected chi connectivity index (χ1v) is 8.97. The molecule has 3 heteroatoms. The molecule has 1 aliphatic heterocycles. The molecule has 1 aromatic rings. The van der Waals surface area contributed by atoms with Crippen LogP contribution < -0.4 is 5.32 Å². The van der Waals surface area contributed by atoms with Gasteiger partial charge in [0, 0.05) is 36.1 Å². The number of rotatable bonds is 6. The van der Waals surface area contributed by atoms with E-state index in [0.29, 0.717) is 11.6 Å². The van der Waals surface area contributed by atoms with Crippen molar-refractivity contribution in [2.45, 2.75) is 58.5 Å². The molecule has 1 aromatic heterocycles. The van der Waals surface area contributed by atoms with E-state index in [2.05, 4.69) is 55.4 Å². The Morgan fingerprint density at radius 1 is 1.50 bits per heavy atom. The lowest BCUT2D eigenvalue weighted by Gasteiger charge is -2.48. The summed E-state index contributed by atoms with van der Waals surface area (Å²) in [4.78, 5) is 4.26. The maximum Gasteiger partial charge on any atom is 0.0278 e. The van der Waals surface area contributed by atoms with E-state index in [9.17, 15) is 0 Å². The van der Waals surface area contributed by atoms with E-state index >= 15 is 0 Å². The number of nitrogens with one attached hydrogen (secondary N) is 1. The molecule has 0 radical (unpaired) electrons. The highest BCUT2D eigenvalue weighted by Crippen LogP contribution is 2.25. The van der Waals surface area contributed by atoms with Gasteiger partial charge in [-0.05, 0) is 37.1 Å². The second-order valence-electron chi connectivity index (χ2n) is 6.55. The van der Waals surface area contributed by atoms with Crippen LogP contribution in [0.25, 0.3) is 0 Å². The molecule has 0 spiro atoms. The van der Waals surface area contributed by atoms with E-state index in [0.717, 1.165) is 12.5 Å². The van der Waals surface area contributed by atoms with Gasteiger partial charge in [-0.25, -0.2) is 0 Å². The molecule has 1 fully saturated rings. The number of hydrogen-bond donors (Lipinski definition) is 1. The molecule has 0 amide bonds. The van der Waals surface area contributed by atoms with Crippen molar-refractivity contribution in [2.75, 3.05) is 19.6 Å². The molecule has 2 heterocycles. The summed E-state index contributed by atoms with van der Waals surface area (Å²) < 4.78 is 0. The summed E-state index contributed by atoms with van der Waals surface area (Å²) in [5.74, 6) is 0.771. The van der Waals surface area contributed by atoms with E-state index in [1.54, 1.807) is 0 Å². The zero-order valence-corrected chi connectivity index (χ0v) is 14.3. The van der Waals surface area contributed by atoms with Crippen LogP contribution in [0.5, 0.6) is 0 Å².